The van der Waals surface area contributed by atoms with Crippen LogP contribution in [0.25, 0.3) is 0 Å². The summed E-state index contributed by atoms with van der Waals surface area (Å²) in [5.41, 5.74) is 6.22. The van der Waals surface area contributed by atoms with Gasteiger partial charge in [0.05, 0.1) is 28.0 Å². The maximum atomic E-state index is 11.4. The first-order valence-electron chi connectivity index (χ1n) is 4.86. The molecule has 0 radical (unpaired) electrons. The number of halogens is 1. The molecule has 0 heterocycles. The van der Waals surface area contributed by atoms with E-state index in [1.54, 1.807) is 0 Å². The van der Waals surface area contributed by atoms with Gasteiger partial charge in [-0.05, 0) is 12.1 Å². The molecule has 1 amide bonds. The van der Waals surface area contributed by atoms with Crippen molar-refractivity contribution in [2.45, 2.75) is 6.92 Å². The molecule has 1 aromatic carbocycles. The highest BCUT2D eigenvalue weighted by atomic mass is 35.5. The van der Waals surface area contributed by atoms with E-state index in [-0.39, 0.29) is 22.0 Å². The summed E-state index contributed by atoms with van der Waals surface area (Å²) in [6.45, 7) is 0.761. The van der Waals surface area contributed by atoms with Crippen LogP contribution in [0.5, 0.6) is 0 Å². The van der Waals surface area contributed by atoms with Gasteiger partial charge in [0.1, 0.15) is 0 Å². The normalized spacial score (nSPS) is 9.39. The number of nitrogen functional groups attached to an aromatic ring is 1. The summed E-state index contributed by atoms with van der Waals surface area (Å²) in [7, 11) is 0. The first-order chi connectivity index (χ1) is 8.43. The molecule has 0 atom stereocenters. The van der Waals surface area contributed by atoms with E-state index in [4.69, 9.17) is 22.6 Å². The first kappa shape index (κ1) is 13.8. The van der Waals surface area contributed by atoms with Gasteiger partial charge in [0, 0.05) is 6.92 Å². The second-order valence-corrected chi connectivity index (χ2v) is 3.75. The number of amides is 1. The highest BCUT2D eigenvalue weighted by Gasteiger charge is 2.11. The number of nitriles is 1. The second kappa shape index (κ2) is 5.89. The summed E-state index contributed by atoms with van der Waals surface area (Å²) in [6.07, 6.45) is 0. The highest BCUT2D eigenvalue weighted by molar-refractivity contribution is 6.36. The van der Waals surface area contributed by atoms with Gasteiger partial charge in [-0.25, -0.2) is 0 Å². The standard InChI is InChI=1S/C11H10ClN3O3/c1-6(16)18-5-10(17)15-9-3-7(4-13)2-8(14)11(9)12/h2-3H,5,14H2,1H3,(H,15,17). The summed E-state index contributed by atoms with van der Waals surface area (Å²) in [4.78, 5) is 21.9. The number of rotatable bonds is 3. The number of nitrogens with zero attached hydrogens (tertiary/aromatic N) is 1. The lowest BCUT2D eigenvalue weighted by molar-refractivity contribution is -0.144. The second-order valence-electron chi connectivity index (χ2n) is 3.37. The molecular weight excluding hydrogens is 258 g/mol. The molecular formula is C11H10ClN3O3. The third-order valence-corrected chi connectivity index (χ3v) is 2.33. The van der Waals surface area contributed by atoms with Crippen LogP contribution in [-0.4, -0.2) is 18.5 Å². The predicted octanol–water partition coefficient (Wildman–Crippen LogP) is 1.30. The van der Waals surface area contributed by atoms with E-state index in [2.05, 4.69) is 10.1 Å². The molecule has 3 N–H and O–H groups in total. The van der Waals surface area contributed by atoms with Gasteiger partial charge in [0.15, 0.2) is 6.61 Å². The number of hydrogen-bond donors (Lipinski definition) is 2. The number of nitrogens with two attached hydrogens (primary N) is 1. The Hall–Kier alpha value is -2.26. The third-order valence-electron chi connectivity index (χ3n) is 1.91. The molecule has 0 spiro atoms. The Balaban J connectivity index is 2.84. The van der Waals surface area contributed by atoms with E-state index >= 15 is 0 Å². The summed E-state index contributed by atoms with van der Waals surface area (Å²) >= 11 is 5.87. The molecule has 0 saturated heterocycles. The zero-order valence-corrected chi connectivity index (χ0v) is 10.2. The van der Waals surface area contributed by atoms with Crippen molar-refractivity contribution in [3.05, 3.63) is 22.7 Å². The van der Waals surface area contributed by atoms with Crippen molar-refractivity contribution in [3.63, 3.8) is 0 Å². The molecule has 94 valence electrons. The Bertz CT molecular complexity index is 537. The Kier molecular flexibility index (Phi) is 4.52. The average Bonchev–Trinajstić information content (AvgIpc) is 2.32. The minimum atomic E-state index is -0.568. The van der Waals surface area contributed by atoms with Crippen molar-refractivity contribution in [1.82, 2.24) is 0 Å². The quantitative estimate of drug-likeness (QED) is 0.634. The summed E-state index contributed by atoms with van der Waals surface area (Å²) in [5.74, 6) is -1.14. The van der Waals surface area contributed by atoms with Crippen molar-refractivity contribution in [2.75, 3.05) is 17.7 Å². The topological polar surface area (TPSA) is 105 Å². The number of hydrogen-bond acceptors (Lipinski definition) is 5. The Morgan fingerprint density at radius 2 is 2.22 bits per heavy atom. The first-order valence-corrected chi connectivity index (χ1v) is 5.24. The molecule has 0 fully saturated rings. The maximum Gasteiger partial charge on any atom is 0.303 e. The molecule has 0 aliphatic rings. The van der Waals surface area contributed by atoms with Gasteiger partial charge in [-0.1, -0.05) is 11.6 Å². The van der Waals surface area contributed by atoms with Crippen molar-refractivity contribution < 1.29 is 14.3 Å². The number of carbonyl (C=O) groups is 2. The Labute approximate surface area is 108 Å². The van der Waals surface area contributed by atoms with E-state index in [0.717, 1.165) is 0 Å². The molecule has 18 heavy (non-hydrogen) atoms. The van der Waals surface area contributed by atoms with Gasteiger partial charge >= 0.3 is 5.97 Å². The van der Waals surface area contributed by atoms with Crippen LogP contribution in [0.15, 0.2) is 12.1 Å². The van der Waals surface area contributed by atoms with Gasteiger partial charge in [0.2, 0.25) is 0 Å². The highest BCUT2D eigenvalue weighted by Crippen LogP contribution is 2.29. The third kappa shape index (κ3) is 3.64. The van der Waals surface area contributed by atoms with Crippen LogP contribution in [0.4, 0.5) is 11.4 Å². The molecule has 0 aromatic heterocycles. The lowest BCUT2D eigenvalue weighted by Crippen LogP contribution is -2.20. The molecule has 0 aliphatic carbocycles. The summed E-state index contributed by atoms with van der Waals surface area (Å²) < 4.78 is 4.51. The monoisotopic (exact) mass is 267 g/mol. The molecule has 1 aromatic rings. The number of anilines is 2. The van der Waals surface area contributed by atoms with E-state index in [1.807, 2.05) is 6.07 Å². The van der Waals surface area contributed by atoms with Crippen molar-refractivity contribution in [2.24, 2.45) is 0 Å². The molecule has 6 nitrogen and oxygen atoms in total. The van der Waals surface area contributed by atoms with Gasteiger partial charge in [0.25, 0.3) is 5.91 Å². The fraction of sp³-hybridized carbons (Fsp3) is 0.182. The van der Waals surface area contributed by atoms with Crippen LogP contribution >= 0.6 is 11.6 Å². The van der Waals surface area contributed by atoms with Gasteiger partial charge in [-0.3, -0.25) is 9.59 Å². The van der Waals surface area contributed by atoms with Gasteiger partial charge in [-0.15, -0.1) is 0 Å². The fourth-order valence-electron chi connectivity index (χ4n) is 1.16. The van der Waals surface area contributed by atoms with Crippen molar-refractivity contribution >= 4 is 34.9 Å². The number of esters is 1. The summed E-state index contributed by atoms with van der Waals surface area (Å²) in [6, 6.07) is 4.66. The predicted molar refractivity (Wildman–Crippen MR) is 65.8 cm³/mol. The van der Waals surface area contributed by atoms with E-state index in [0.29, 0.717) is 0 Å². The maximum absolute atomic E-state index is 11.4. The van der Waals surface area contributed by atoms with E-state index in [9.17, 15) is 9.59 Å². The van der Waals surface area contributed by atoms with E-state index < -0.39 is 18.5 Å². The smallest absolute Gasteiger partial charge is 0.303 e. The van der Waals surface area contributed by atoms with Crippen LogP contribution in [0.3, 0.4) is 0 Å². The minimum Gasteiger partial charge on any atom is -0.456 e. The SMILES string of the molecule is CC(=O)OCC(=O)Nc1cc(C#N)cc(N)c1Cl. The molecule has 0 saturated carbocycles. The Morgan fingerprint density at radius 3 is 2.78 bits per heavy atom. The van der Waals surface area contributed by atoms with Crippen molar-refractivity contribution in [1.29, 1.82) is 5.26 Å². The van der Waals surface area contributed by atoms with Crippen LogP contribution in [0.1, 0.15) is 12.5 Å². The minimum absolute atomic E-state index is 0.130. The number of ether oxygens (including phenoxy) is 1. The van der Waals surface area contributed by atoms with Crippen LogP contribution in [0.2, 0.25) is 5.02 Å². The largest absolute Gasteiger partial charge is 0.456 e. The van der Waals surface area contributed by atoms with Crippen LogP contribution in [0, 0.1) is 11.3 Å². The molecule has 1 rings (SSSR count). The average molecular weight is 268 g/mol. The molecule has 0 aliphatic heterocycles. The van der Waals surface area contributed by atoms with Crippen LogP contribution in [-0.2, 0) is 14.3 Å². The Morgan fingerprint density at radius 1 is 1.56 bits per heavy atom. The van der Waals surface area contributed by atoms with E-state index in [1.165, 1.54) is 19.1 Å². The number of carbonyl (C=O) groups excluding carboxylic acids is 2. The fourth-order valence-corrected chi connectivity index (χ4v) is 1.31. The van der Waals surface area contributed by atoms with Gasteiger partial charge < -0.3 is 15.8 Å². The molecule has 0 unspecified atom stereocenters. The number of benzene rings is 1. The molecule has 7 heteroatoms. The van der Waals surface area contributed by atoms with Crippen LogP contribution < -0.4 is 11.1 Å². The zero-order chi connectivity index (χ0) is 13.7. The number of nitrogens with one attached hydrogen (secondary N) is 1. The summed E-state index contributed by atoms with van der Waals surface area (Å²) in [5, 5.41) is 11.3. The lowest BCUT2D eigenvalue weighted by Gasteiger charge is -2.09. The van der Waals surface area contributed by atoms with Gasteiger partial charge in [-0.2, -0.15) is 5.26 Å². The zero-order valence-electron chi connectivity index (χ0n) is 9.49. The molecule has 0 bridgehead atoms. The lowest BCUT2D eigenvalue weighted by atomic mass is 10.2. The van der Waals surface area contributed by atoms with Crippen molar-refractivity contribution in [3.8, 4) is 6.07 Å².